The van der Waals surface area contributed by atoms with Crippen molar-refractivity contribution in [3.05, 3.63) is 28.8 Å². The molecule has 0 aliphatic heterocycles. The van der Waals surface area contributed by atoms with Gasteiger partial charge in [0.05, 0.1) is 0 Å². The molecule has 17 heavy (non-hydrogen) atoms. The van der Waals surface area contributed by atoms with Crippen LogP contribution >= 0.6 is 11.6 Å². The molecule has 0 unspecified atom stereocenters. The number of anilines is 1. The Bertz CT molecular complexity index is 376. The predicted molar refractivity (Wildman–Crippen MR) is 73.9 cm³/mol. The van der Waals surface area contributed by atoms with Crippen LogP contribution in [0, 0.1) is 0 Å². The molecule has 2 nitrogen and oxygen atoms in total. The van der Waals surface area contributed by atoms with Gasteiger partial charge in [0, 0.05) is 5.69 Å². The van der Waals surface area contributed by atoms with E-state index in [0.717, 1.165) is 24.9 Å². The Morgan fingerprint density at radius 1 is 1.12 bits per heavy atom. The lowest BCUT2D eigenvalue weighted by Gasteiger charge is -2.15. The van der Waals surface area contributed by atoms with Gasteiger partial charge in [-0.25, -0.2) is 0 Å². The summed E-state index contributed by atoms with van der Waals surface area (Å²) >= 11 is 5.54. The van der Waals surface area contributed by atoms with Crippen molar-refractivity contribution in [1.29, 1.82) is 0 Å². The molecule has 0 aliphatic rings. The summed E-state index contributed by atoms with van der Waals surface area (Å²) in [6.07, 6.45) is 2.85. The van der Waals surface area contributed by atoms with Crippen molar-refractivity contribution in [2.75, 3.05) is 11.2 Å². The highest BCUT2D eigenvalue weighted by molar-refractivity contribution is 6.29. The van der Waals surface area contributed by atoms with Crippen molar-refractivity contribution < 1.29 is 4.79 Å². The lowest BCUT2D eigenvalue weighted by atomic mass is 9.98. The molecule has 0 aromatic heterocycles. The number of hydrogen-bond acceptors (Lipinski definition) is 1. The Morgan fingerprint density at radius 3 is 2.00 bits per heavy atom. The number of amides is 1. The van der Waals surface area contributed by atoms with E-state index >= 15 is 0 Å². The minimum absolute atomic E-state index is 0.00182. The first-order chi connectivity index (χ1) is 8.15. The Kier molecular flexibility index (Phi) is 5.49. The molecule has 0 aliphatic carbocycles. The monoisotopic (exact) mass is 253 g/mol. The van der Waals surface area contributed by atoms with Crippen LogP contribution in [0.4, 0.5) is 5.69 Å². The number of carbonyl (C=O) groups is 1. The molecule has 0 bridgehead atoms. The van der Waals surface area contributed by atoms with E-state index in [1.165, 1.54) is 16.7 Å². The van der Waals surface area contributed by atoms with Gasteiger partial charge in [-0.2, -0.15) is 0 Å². The fourth-order valence-corrected chi connectivity index (χ4v) is 2.00. The van der Waals surface area contributed by atoms with Crippen molar-refractivity contribution in [1.82, 2.24) is 0 Å². The summed E-state index contributed by atoms with van der Waals surface area (Å²) in [5.41, 5.74) is 4.67. The Hall–Kier alpha value is -1.02. The molecular formula is C14H20ClNO. The van der Waals surface area contributed by atoms with Gasteiger partial charge >= 0.3 is 0 Å². The highest BCUT2D eigenvalue weighted by atomic mass is 35.5. The highest BCUT2D eigenvalue weighted by Crippen LogP contribution is 2.25. The first kappa shape index (κ1) is 14.0. The standard InChI is InChI=1S/C14H20ClNO/c1-4-10-7-11(5-2)14(12(6-3)8-10)16-13(17)9-15/h7-8H,4-6,9H2,1-3H3,(H,16,17). The predicted octanol–water partition coefficient (Wildman–Crippen LogP) is 3.55. The van der Waals surface area contributed by atoms with Gasteiger partial charge in [-0.15, -0.1) is 11.6 Å². The third kappa shape index (κ3) is 3.47. The molecule has 3 heteroatoms. The number of aryl methyl sites for hydroxylation is 3. The molecule has 0 saturated heterocycles. The van der Waals surface area contributed by atoms with E-state index in [0.29, 0.717) is 0 Å². The van der Waals surface area contributed by atoms with Gasteiger partial charge in [0.1, 0.15) is 5.88 Å². The number of hydrogen-bond donors (Lipinski definition) is 1. The van der Waals surface area contributed by atoms with E-state index in [-0.39, 0.29) is 11.8 Å². The van der Waals surface area contributed by atoms with E-state index in [2.05, 4.69) is 38.2 Å². The molecule has 0 fully saturated rings. The van der Waals surface area contributed by atoms with Crippen molar-refractivity contribution in [2.45, 2.75) is 40.0 Å². The summed E-state index contributed by atoms with van der Waals surface area (Å²) < 4.78 is 0. The molecule has 0 radical (unpaired) electrons. The van der Waals surface area contributed by atoms with Crippen LogP contribution in [-0.4, -0.2) is 11.8 Å². The quantitative estimate of drug-likeness (QED) is 0.799. The summed E-state index contributed by atoms with van der Waals surface area (Å²) in [5.74, 6) is -0.137. The maximum atomic E-state index is 11.4. The number of halogens is 1. The number of carbonyl (C=O) groups excluding carboxylic acids is 1. The molecular weight excluding hydrogens is 234 g/mol. The number of nitrogens with one attached hydrogen (secondary N) is 1. The van der Waals surface area contributed by atoms with Crippen LogP contribution in [0.3, 0.4) is 0 Å². The molecule has 0 saturated carbocycles. The fraction of sp³-hybridized carbons (Fsp3) is 0.500. The first-order valence-electron chi connectivity index (χ1n) is 6.16. The second kappa shape index (κ2) is 6.65. The molecule has 0 spiro atoms. The van der Waals surface area contributed by atoms with Crippen LogP contribution in [0.25, 0.3) is 0 Å². The third-order valence-electron chi connectivity index (χ3n) is 2.92. The molecule has 0 heterocycles. The fourth-order valence-electron chi connectivity index (χ4n) is 1.94. The lowest BCUT2D eigenvalue weighted by Crippen LogP contribution is -2.16. The highest BCUT2D eigenvalue weighted by Gasteiger charge is 2.10. The van der Waals surface area contributed by atoms with E-state index in [1.807, 2.05) is 0 Å². The SMILES string of the molecule is CCc1cc(CC)c(NC(=O)CCl)c(CC)c1. The third-order valence-corrected chi connectivity index (χ3v) is 3.16. The van der Waals surface area contributed by atoms with Gasteiger partial charge in [0.25, 0.3) is 0 Å². The van der Waals surface area contributed by atoms with Gasteiger partial charge in [-0.05, 0) is 36.0 Å². The van der Waals surface area contributed by atoms with Gasteiger partial charge in [0.15, 0.2) is 0 Å². The van der Waals surface area contributed by atoms with Crippen LogP contribution in [0.1, 0.15) is 37.5 Å². The maximum absolute atomic E-state index is 11.4. The van der Waals surface area contributed by atoms with E-state index < -0.39 is 0 Å². The summed E-state index contributed by atoms with van der Waals surface area (Å²) in [4.78, 5) is 11.4. The maximum Gasteiger partial charge on any atom is 0.239 e. The molecule has 1 rings (SSSR count). The first-order valence-corrected chi connectivity index (χ1v) is 6.70. The van der Waals surface area contributed by atoms with E-state index in [4.69, 9.17) is 11.6 Å². The molecule has 1 N–H and O–H groups in total. The summed E-state index contributed by atoms with van der Waals surface area (Å²) in [6.45, 7) is 6.35. The molecule has 0 atom stereocenters. The second-order valence-electron chi connectivity index (χ2n) is 4.03. The summed E-state index contributed by atoms with van der Waals surface area (Å²) in [6, 6.07) is 4.34. The summed E-state index contributed by atoms with van der Waals surface area (Å²) in [7, 11) is 0. The molecule has 94 valence electrons. The van der Waals surface area contributed by atoms with E-state index in [9.17, 15) is 4.79 Å². The Labute approximate surface area is 108 Å². The van der Waals surface area contributed by atoms with Gasteiger partial charge in [-0.3, -0.25) is 4.79 Å². The molecule has 1 aromatic carbocycles. The van der Waals surface area contributed by atoms with Crippen LogP contribution in [-0.2, 0) is 24.1 Å². The van der Waals surface area contributed by atoms with Crippen LogP contribution < -0.4 is 5.32 Å². The zero-order valence-corrected chi connectivity index (χ0v) is 11.5. The normalized spacial score (nSPS) is 10.4. The topological polar surface area (TPSA) is 29.1 Å². The Morgan fingerprint density at radius 2 is 1.65 bits per heavy atom. The molecule has 1 amide bonds. The van der Waals surface area contributed by atoms with E-state index in [1.54, 1.807) is 0 Å². The zero-order valence-electron chi connectivity index (χ0n) is 10.8. The average molecular weight is 254 g/mol. The lowest BCUT2D eigenvalue weighted by molar-refractivity contribution is -0.113. The minimum Gasteiger partial charge on any atom is -0.325 e. The Balaban J connectivity index is 3.19. The van der Waals surface area contributed by atoms with Crippen LogP contribution in [0.5, 0.6) is 0 Å². The van der Waals surface area contributed by atoms with Crippen molar-refractivity contribution in [3.63, 3.8) is 0 Å². The zero-order chi connectivity index (χ0) is 12.8. The van der Waals surface area contributed by atoms with Crippen molar-refractivity contribution in [2.24, 2.45) is 0 Å². The van der Waals surface area contributed by atoms with Crippen LogP contribution in [0.15, 0.2) is 12.1 Å². The average Bonchev–Trinajstić information content (AvgIpc) is 2.38. The van der Waals surface area contributed by atoms with Gasteiger partial charge < -0.3 is 5.32 Å². The van der Waals surface area contributed by atoms with Gasteiger partial charge in [0.2, 0.25) is 5.91 Å². The number of rotatable bonds is 5. The van der Waals surface area contributed by atoms with Gasteiger partial charge in [-0.1, -0.05) is 32.9 Å². The smallest absolute Gasteiger partial charge is 0.239 e. The second-order valence-corrected chi connectivity index (χ2v) is 4.30. The van der Waals surface area contributed by atoms with Crippen LogP contribution in [0.2, 0.25) is 0 Å². The van der Waals surface area contributed by atoms with Crippen molar-refractivity contribution >= 4 is 23.2 Å². The number of alkyl halides is 1. The largest absolute Gasteiger partial charge is 0.325 e. The minimum atomic E-state index is -0.139. The van der Waals surface area contributed by atoms with Crippen molar-refractivity contribution in [3.8, 4) is 0 Å². The molecule has 1 aromatic rings. The number of benzene rings is 1. The summed E-state index contributed by atoms with van der Waals surface area (Å²) in [5, 5.41) is 2.91.